The zero-order valence-electron chi connectivity index (χ0n) is 12.8. The SMILES string of the molecule is CCCCCCc1cnc(-c2ccc(C#N)cc2)nc1C. The number of rotatable bonds is 6. The Morgan fingerprint density at radius 1 is 1.10 bits per heavy atom. The number of nitrogens with zero attached hydrogens (tertiary/aromatic N) is 3. The third-order valence-electron chi connectivity index (χ3n) is 3.65. The van der Waals surface area contributed by atoms with E-state index in [-0.39, 0.29) is 0 Å². The van der Waals surface area contributed by atoms with Gasteiger partial charge in [0.25, 0.3) is 0 Å². The van der Waals surface area contributed by atoms with Crippen molar-refractivity contribution in [1.82, 2.24) is 9.97 Å². The van der Waals surface area contributed by atoms with Crippen LogP contribution in [-0.4, -0.2) is 9.97 Å². The molecule has 0 unspecified atom stereocenters. The van der Waals surface area contributed by atoms with Gasteiger partial charge in [-0.05, 0) is 49.6 Å². The van der Waals surface area contributed by atoms with Crippen molar-refractivity contribution in [3.63, 3.8) is 0 Å². The Morgan fingerprint density at radius 2 is 1.86 bits per heavy atom. The first-order chi connectivity index (χ1) is 10.2. The van der Waals surface area contributed by atoms with Crippen LogP contribution >= 0.6 is 0 Å². The maximum absolute atomic E-state index is 8.82. The molecule has 0 atom stereocenters. The van der Waals surface area contributed by atoms with Crippen LogP contribution in [0.2, 0.25) is 0 Å². The lowest BCUT2D eigenvalue weighted by Crippen LogP contribution is -1.98. The van der Waals surface area contributed by atoms with Crippen molar-refractivity contribution in [3.8, 4) is 17.5 Å². The second kappa shape index (κ2) is 7.54. The van der Waals surface area contributed by atoms with Crippen LogP contribution in [0.15, 0.2) is 30.5 Å². The van der Waals surface area contributed by atoms with E-state index in [0.29, 0.717) is 5.56 Å². The maximum atomic E-state index is 8.82. The van der Waals surface area contributed by atoms with E-state index in [1.165, 1.54) is 31.2 Å². The molecule has 0 saturated heterocycles. The van der Waals surface area contributed by atoms with E-state index < -0.39 is 0 Å². The van der Waals surface area contributed by atoms with Crippen LogP contribution in [0, 0.1) is 18.3 Å². The van der Waals surface area contributed by atoms with E-state index in [1.807, 2.05) is 25.3 Å². The van der Waals surface area contributed by atoms with Gasteiger partial charge in [-0.15, -0.1) is 0 Å². The standard InChI is InChI=1S/C18H21N3/c1-3-4-5-6-7-17-13-20-18(21-14(17)2)16-10-8-15(12-19)9-11-16/h8-11,13H,3-7H2,1-2H3. The lowest BCUT2D eigenvalue weighted by atomic mass is 10.1. The number of aromatic nitrogens is 2. The molecule has 0 fully saturated rings. The van der Waals surface area contributed by atoms with Gasteiger partial charge in [0.2, 0.25) is 0 Å². The molecule has 3 heteroatoms. The van der Waals surface area contributed by atoms with Gasteiger partial charge in [0.15, 0.2) is 5.82 Å². The Hall–Kier alpha value is -2.21. The van der Waals surface area contributed by atoms with Gasteiger partial charge < -0.3 is 0 Å². The highest BCUT2D eigenvalue weighted by molar-refractivity contribution is 5.56. The molecule has 0 aliphatic rings. The molecule has 0 spiro atoms. The summed E-state index contributed by atoms with van der Waals surface area (Å²) in [4.78, 5) is 9.07. The molecule has 21 heavy (non-hydrogen) atoms. The highest BCUT2D eigenvalue weighted by Crippen LogP contribution is 2.18. The van der Waals surface area contributed by atoms with Crippen LogP contribution in [0.5, 0.6) is 0 Å². The van der Waals surface area contributed by atoms with E-state index >= 15 is 0 Å². The average molecular weight is 279 g/mol. The summed E-state index contributed by atoms with van der Waals surface area (Å²) < 4.78 is 0. The molecular formula is C18H21N3. The van der Waals surface area contributed by atoms with Gasteiger partial charge in [-0.3, -0.25) is 0 Å². The Bertz CT molecular complexity index is 624. The van der Waals surface area contributed by atoms with Gasteiger partial charge in [-0.25, -0.2) is 9.97 Å². The summed E-state index contributed by atoms with van der Waals surface area (Å²) in [6.45, 7) is 4.27. The van der Waals surface area contributed by atoms with Crippen LogP contribution in [0.3, 0.4) is 0 Å². The Labute approximate surface area is 126 Å². The molecule has 0 radical (unpaired) electrons. The van der Waals surface area contributed by atoms with Crippen molar-refractivity contribution in [2.24, 2.45) is 0 Å². The smallest absolute Gasteiger partial charge is 0.159 e. The van der Waals surface area contributed by atoms with Gasteiger partial charge in [-0.1, -0.05) is 26.2 Å². The number of unbranched alkanes of at least 4 members (excludes halogenated alkanes) is 3. The minimum atomic E-state index is 0.656. The van der Waals surface area contributed by atoms with Crippen LogP contribution in [-0.2, 0) is 6.42 Å². The first kappa shape index (κ1) is 15.2. The van der Waals surface area contributed by atoms with Gasteiger partial charge >= 0.3 is 0 Å². The summed E-state index contributed by atoms with van der Waals surface area (Å²) in [6.07, 6.45) is 8.03. The Morgan fingerprint density at radius 3 is 2.48 bits per heavy atom. The monoisotopic (exact) mass is 279 g/mol. The third-order valence-corrected chi connectivity index (χ3v) is 3.65. The molecule has 0 saturated carbocycles. The molecule has 0 aliphatic heterocycles. The molecule has 1 aromatic heterocycles. The minimum absolute atomic E-state index is 0.656. The van der Waals surface area contributed by atoms with Crippen molar-refractivity contribution in [2.75, 3.05) is 0 Å². The zero-order valence-corrected chi connectivity index (χ0v) is 12.8. The van der Waals surface area contributed by atoms with Crippen LogP contribution in [0.25, 0.3) is 11.4 Å². The topological polar surface area (TPSA) is 49.6 Å². The average Bonchev–Trinajstić information content (AvgIpc) is 2.53. The summed E-state index contributed by atoms with van der Waals surface area (Å²) in [5.41, 5.74) is 3.90. The largest absolute Gasteiger partial charge is 0.236 e. The molecule has 0 amide bonds. The fourth-order valence-corrected chi connectivity index (χ4v) is 2.31. The van der Waals surface area contributed by atoms with Crippen molar-refractivity contribution in [1.29, 1.82) is 5.26 Å². The number of benzene rings is 1. The van der Waals surface area contributed by atoms with E-state index in [0.717, 1.165) is 23.5 Å². The molecule has 2 aromatic rings. The molecule has 0 bridgehead atoms. The van der Waals surface area contributed by atoms with Crippen LogP contribution in [0.1, 0.15) is 49.4 Å². The zero-order chi connectivity index (χ0) is 15.1. The maximum Gasteiger partial charge on any atom is 0.159 e. The van der Waals surface area contributed by atoms with E-state index in [1.54, 1.807) is 12.1 Å². The number of hydrogen-bond acceptors (Lipinski definition) is 3. The van der Waals surface area contributed by atoms with Crippen molar-refractivity contribution in [3.05, 3.63) is 47.3 Å². The number of nitriles is 1. The molecule has 1 heterocycles. The second-order valence-corrected chi connectivity index (χ2v) is 5.30. The third kappa shape index (κ3) is 4.13. The van der Waals surface area contributed by atoms with Crippen molar-refractivity contribution >= 4 is 0 Å². The van der Waals surface area contributed by atoms with Crippen LogP contribution in [0.4, 0.5) is 0 Å². The van der Waals surface area contributed by atoms with Crippen molar-refractivity contribution in [2.45, 2.75) is 46.0 Å². The summed E-state index contributed by atoms with van der Waals surface area (Å²) in [6, 6.07) is 9.51. The van der Waals surface area contributed by atoms with Crippen molar-refractivity contribution < 1.29 is 0 Å². The number of hydrogen-bond donors (Lipinski definition) is 0. The highest BCUT2D eigenvalue weighted by atomic mass is 14.9. The predicted molar refractivity (Wildman–Crippen MR) is 84.8 cm³/mol. The molecule has 0 N–H and O–H groups in total. The van der Waals surface area contributed by atoms with E-state index in [4.69, 9.17) is 5.26 Å². The van der Waals surface area contributed by atoms with Crippen LogP contribution < -0.4 is 0 Å². The number of aryl methyl sites for hydroxylation is 2. The molecule has 2 rings (SSSR count). The summed E-state index contributed by atoms with van der Waals surface area (Å²) in [5, 5.41) is 8.82. The summed E-state index contributed by atoms with van der Waals surface area (Å²) >= 11 is 0. The lowest BCUT2D eigenvalue weighted by molar-refractivity contribution is 0.663. The fourth-order valence-electron chi connectivity index (χ4n) is 2.31. The lowest BCUT2D eigenvalue weighted by Gasteiger charge is -2.07. The minimum Gasteiger partial charge on any atom is -0.236 e. The van der Waals surface area contributed by atoms with Gasteiger partial charge in [0.05, 0.1) is 11.6 Å². The Balaban J connectivity index is 2.09. The first-order valence-electron chi connectivity index (χ1n) is 7.57. The molecule has 1 aromatic carbocycles. The summed E-state index contributed by atoms with van der Waals surface area (Å²) in [7, 11) is 0. The second-order valence-electron chi connectivity index (χ2n) is 5.30. The quantitative estimate of drug-likeness (QED) is 0.734. The van der Waals surface area contributed by atoms with E-state index in [9.17, 15) is 0 Å². The van der Waals surface area contributed by atoms with Gasteiger partial charge in [0, 0.05) is 17.5 Å². The molecule has 0 aliphatic carbocycles. The first-order valence-corrected chi connectivity index (χ1v) is 7.57. The molecule has 108 valence electrons. The molecule has 3 nitrogen and oxygen atoms in total. The Kier molecular flexibility index (Phi) is 5.45. The fraction of sp³-hybridized carbons (Fsp3) is 0.389. The summed E-state index contributed by atoms with van der Waals surface area (Å²) in [5.74, 6) is 0.731. The molecular weight excluding hydrogens is 258 g/mol. The predicted octanol–water partition coefficient (Wildman–Crippen LogP) is 4.45. The highest BCUT2D eigenvalue weighted by Gasteiger charge is 2.05. The normalized spacial score (nSPS) is 10.3. The van der Waals surface area contributed by atoms with Gasteiger partial charge in [0.1, 0.15) is 0 Å². The van der Waals surface area contributed by atoms with Gasteiger partial charge in [-0.2, -0.15) is 5.26 Å². The van der Waals surface area contributed by atoms with E-state index in [2.05, 4.69) is 23.0 Å².